The van der Waals surface area contributed by atoms with Gasteiger partial charge in [-0.15, -0.1) is 0 Å². The van der Waals surface area contributed by atoms with Crippen LogP contribution in [0.1, 0.15) is 20.8 Å². The predicted octanol–water partition coefficient (Wildman–Crippen LogP) is 1.43. The van der Waals surface area contributed by atoms with Crippen LogP contribution in [0, 0.1) is 5.92 Å². The van der Waals surface area contributed by atoms with E-state index in [0.29, 0.717) is 0 Å². The van der Waals surface area contributed by atoms with Crippen molar-refractivity contribution in [2.45, 2.75) is 20.8 Å². The number of amides is 1. The zero-order chi connectivity index (χ0) is 7.28. The van der Waals surface area contributed by atoms with E-state index in [0.717, 1.165) is 5.75 Å². The number of hydrogen-bond donors (Lipinski definition) is 1. The van der Waals surface area contributed by atoms with Gasteiger partial charge in [-0.05, 0) is 0 Å². The van der Waals surface area contributed by atoms with Crippen LogP contribution in [0.4, 0.5) is 0 Å². The Morgan fingerprint density at radius 2 is 2.22 bits per heavy atom. The second-order valence-corrected chi connectivity index (χ2v) is 3.12. The van der Waals surface area contributed by atoms with Crippen molar-refractivity contribution >= 4 is 17.9 Å². The van der Waals surface area contributed by atoms with Gasteiger partial charge < -0.3 is 0 Å². The quantitative estimate of drug-likeness (QED) is 0.612. The third-order valence-corrected chi connectivity index (χ3v) is 1.48. The van der Waals surface area contributed by atoms with Gasteiger partial charge in [0.1, 0.15) is 0 Å². The second kappa shape index (κ2) is 4.68. The van der Waals surface area contributed by atoms with Gasteiger partial charge in [-0.3, -0.25) is 9.52 Å². The highest BCUT2D eigenvalue weighted by Crippen LogP contribution is 1.96. The zero-order valence-electron chi connectivity index (χ0n) is 6.10. The summed E-state index contributed by atoms with van der Waals surface area (Å²) < 4.78 is 2.71. The molecule has 0 radical (unpaired) electrons. The minimum atomic E-state index is 0.101. The summed E-state index contributed by atoms with van der Waals surface area (Å²) in [5, 5.41) is 0. The lowest BCUT2D eigenvalue weighted by Gasteiger charge is -2.03. The molecule has 54 valence electrons. The largest absolute Gasteiger partial charge is 0.300 e. The summed E-state index contributed by atoms with van der Waals surface area (Å²) in [5.41, 5.74) is 0. The standard InChI is InChI=1S/C6H13NOS/c1-4-9-7-6(8)5(2)3/h5H,4H2,1-3H3,(H,7,8). The molecule has 0 saturated heterocycles. The molecule has 0 aliphatic heterocycles. The molecule has 0 aromatic heterocycles. The van der Waals surface area contributed by atoms with Gasteiger partial charge in [0.15, 0.2) is 0 Å². The van der Waals surface area contributed by atoms with Crippen molar-refractivity contribution in [3.05, 3.63) is 0 Å². The molecule has 0 heterocycles. The Morgan fingerprint density at radius 1 is 1.67 bits per heavy atom. The SMILES string of the molecule is CCSNC(=O)C(C)C. The van der Waals surface area contributed by atoms with Crippen molar-refractivity contribution in [2.24, 2.45) is 5.92 Å². The number of rotatable bonds is 3. The van der Waals surface area contributed by atoms with E-state index >= 15 is 0 Å². The van der Waals surface area contributed by atoms with E-state index in [-0.39, 0.29) is 11.8 Å². The van der Waals surface area contributed by atoms with Crippen LogP contribution in [-0.4, -0.2) is 11.7 Å². The summed E-state index contributed by atoms with van der Waals surface area (Å²) in [6, 6.07) is 0. The molecule has 0 aromatic rings. The van der Waals surface area contributed by atoms with Crippen LogP contribution >= 0.6 is 11.9 Å². The highest BCUT2D eigenvalue weighted by atomic mass is 32.2. The number of hydrogen-bond acceptors (Lipinski definition) is 2. The molecular formula is C6H13NOS. The average molecular weight is 147 g/mol. The molecule has 0 aliphatic carbocycles. The third kappa shape index (κ3) is 4.33. The number of carbonyl (C=O) groups is 1. The van der Waals surface area contributed by atoms with Gasteiger partial charge in [0.05, 0.1) is 0 Å². The molecule has 0 saturated carbocycles. The lowest BCUT2D eigenvalue weighted by atomic mass is 10.2. The monoisotopic (exact) mass is 147 g/mol. The maximum atomic E-state index is 10.8. The van der Waals surface area contributed by atoms with E-state index in [2.05, 4.69) is 4.72 Å². The molecule has 2 nitrogen and oxygen atoms in total. The fourth-order valence-electron chi connectivity index (χ4n) is 0.261. The second-order valence-electron chi connectivity index (χ2n) is 2.05. The van der Waals surface area contributed by atoms with E-state index in [4.69, 9.17) is 0 Å². The molecule has 0 aromatic carbocycles. The lowest BCUT2D eigenvalue weighted by Crippen LogP contribution is -2.21. The van der Waals surface area contributed by atoms with Crippen LogP contribution in [0.15, 0.2) is 0 Å². The summed E-state index contributed by atoms with van der Waals surface area (Å²) in [5.74, 6) is 1.14. The van der Waals surface area contributed by atoms with Gasteiger partial charge in [0.25, 0.3) is 0 Å². The van der Waals surface area contributed by atoms with Crippen molar-refractivity contribution < 1.29 is 4.79 Å². The Labute approximate surface area is 60.5 Å². The molecule has 3 heteroatoms. The molecular weight excluding hydrogens is 134 g/mol. The highest BCUT2D eigenvalue weighted by molar-refractivity contribution is 7.97. The Morgan fingerprint density at radius 3 is 2.56 bits per heavy atom. The highest BCUT2D eigenvalue weighted by Gasteiger charge is 2.03. The van der Waals surface area contributed by atoms with Crippen LogP contribution in [0.2, 0.25) is 0 Å². The van der Waals surface area contributed by atoms with Gasteiger partial charge in [0.2, 0.25) is 5.91 Å². The fourth-order valence-corrected chi connectivity index (χ4v) is 0.783. The van der Waals surface area contributed by atoms with Gasteiger partial charge in [-0.2, -0.15) is 0 Å². The van der Waals surface area contributed by atoms with E-state index in [9.17, 15) is 4.79 Å². The summed E-state index contributed by atoms with van der Waals surface area (Å²) in [6.45, 7) is 5.77. The first-order valence-corrected chi connectivity index (χ1v) is 4.08. The first-order chi connectivity index (χ1) is 4.18. The van der Waals surface area contributed by atoms with Crippen molar-refractivity contribution in [1.29, 1.82) is 0 Å². The lowest BCUT2D eigenvalue weighted by molar-refractivity contribution is -0.122. The van der Waals surface area contributed by atoms with Gasteiger partial charge >= 0.3 is 0 Å². The van der Waals surface area contributed by atoms with Gasteiger partial charge in [-0.25, -0.2) is 0 Å². The Kier molecular flexibility index (Phi) is 4.58. The predicted molar refractivity (Wildman–Crippen MR) is 41.1 cm³/mol. The van der Waals surface area contributed by atoms with Crippen molar-refractivity contribution in [3.8, 4) is 0 Å². The van der Waals surface area contributed by atoms with Gasteiger partial charge in [-0.1, -0.05) is 32.7 Å². The normalized spacial score (nSPS) is 9.78. The molecule has 0 atom stereocenters. The maximum absolute atomic E-state index is 10.8. The molecule has 0 fully saturated rings. The summed E-state index contributed by atoms with van der Waals surface area (Å²) in [6.07, 6.45) is 0. The molecule has 0 bridgehead atoms. The zero-order valence-corrected chi connectivity index (χ0v) is 6.92. The molecule has 0 unspecified atom stereocenters. The minimum absolute atomic E-state index is 0.101. The average Bonchev–Trinajstić information content (AvgIpc) is 1.82. The molecule has 9 heavy (non-hydrogen) atoms. The van der Waals surface area contributed by atoms with E-state index in [1.807, 2.05) is 20.8 Å². The van der Waals surface area contributed by atoms with E-state index in [1.54, 1.807) is 0 Å². The Hall–Kier alpha value is -0.180. The Balaban J connectivity index is 3.28. The molecule has 0 spiro atoms. The Bertz CT molecular complexity index is 93.1. The minimum Gasteiger partial charge on any atom is -0.300 e. The van der Waals surface area contributed by atoms with Crippen molar-refractivity contribution in [3.63, 3.8) is 0 Å². The van der Waals surface area contributed by atoms with Crippen molar-refractivity contribution in [1.82, 2.24) is 4.72 Å². The van der Waals surface area contributed by atoms with Crippen LogP contribution in [0.25, 0.3) is 0 Å². The van der Waals surface area contributed by atoms with Crippen LogP contribution < -0.4 is 4.72 Å². The van der Waals surface area contributed by atoms with Crippen LogP contribution in [-0.2, 0) is 4.79 Å². The summed E-state index contributed by atoms with van der Waals surface area (Å²) >= 11 is 1.44. The topological polar surface area (TPSA) is 29.1 Å². The van der Waals surface area contributed by atoms with Crippen molar-refractivity contribution in [2.75, 3.05) is 5.75 Å². The molecule has 1 N–H and O–H groups in total. The summed E-state index contributed by atoms with van der Waals surface area (Å²) in [7, 11) is 0. The molecule has 0 rings (SSSR count). The van der Waals surface area contributed by atoms with E-state index in [1.165, 1.54) is 11.9 Å². The fraction of sp³-hybridized carbons (Fsp3) is 0.833. The number of nitrogens with one attached hydrogen (secondary N) is 1. The van der Waals surface area contributed by atoms with Crippen LogP contribution in [0.5, 0.6) is 0 Å². The summed E-state index contributed by atoms with van der Waals surface area (Å²) in [4.78, 5) is 10.8. The first kappa shape index (κ1) is 8.82. The smallest absolute Gasteiger partial charge is 0.232 e. The number of carbonyl (C=O) groups excluding carboxylic acids is 1. The van der Waals surface area contributed by atoms with Gasteiger partial charge in [0, 0.05) is 11.7 Å². The van der Waals surface area contributed by atoms with Crippen LogP contribution in [0.3, 0.4) is 0 Å². The van der Waals surface area contributed by atoms with E-state index < -0.39 is 0 Å². The maximum Gasteiger partial charge on any atom is 0.232 e. The molecule has 0 aliphatic rings. The third-order valence-electron chi connectivity index (χ3n) is 0.841. The first-order valence-electron chi connectivity index (χ1n) is 3.10. The molecule has 1 amide bonds.